The van der Waals surface area contributed by atoms with E-state index in [-0.39, 0.29) is 54.1 Å². The van der Waals surface area contributed by atoms with Gasteiger partial charge in [0.05, 0.1) is 12.2 Å². The summed E-state index contributed by atoms with van der Waals surface area (Å²) in [7, 11) is 0. The number of ether oxygens (including phenoxy) is 2. The Bertz CT molecular complexity index is 526. The molecule has 0 N–H and O–H groups in total. The summed E-state index contributed by atoms with van der Waals surface area (Å²) in [6, 6.07) is 0.00559. The third kappa shape index (κ3) is 3.70. The van der Waals surface area contributed by atoms with Gasteiger partial charge < -0.3 is 19.3 Å². The van der Waals surface area contributed by atoms with E-state index in [4.69, 9.17) is 9.47 Å². The van der Waals surface area contributed by atoms with Crippen LogP contribution in [0.1, 0.15) is 47.5 Å². The van der Waals surface area contributed by atoms with Crippen molar-refractivity contribution in [1.29, 1.82) is 0 Å². The third-order valence-corrected chi connectivity index (χ3v) is 5.91. The molecule has 142 valence electrons. The Hall–Kier alpha value is -1.14. The Balaban J connectivity index is 1.59. The number of piperazine rings is 1. The summed E-state index contributed by atoms with van der Waals surface area (Å²) in [4.78, 5) is 29.4. The van der Waals surface area contributed by atoms with Gasteiger partial charge >= 0.3 is 0 Å². The molecule has 2 amide bonds. The largest absolute Gasteiger partial charge is 0.365 e. The van der Waals surface area contributed by atoms with Crippen LogP contribution in [0.4, 0.5) is 0 Å². The Morgan fingerprint density at radius 2 is 1.32 bits per heavy atom. The average Bonchev–Trinajstić information content (AvgIpc) is 3.06. The number of carbonyl (C=O) groups is 2. The molecule has 3 fully saturated rings. The average molecular weight is 352 g/mol. The maximum absolute atomic E-state index is 12.9. The first-order chi connectivity index (χ1) is 11.8. The van der Waals surface area contributed by atoms with E-state index in [1.54, 1.807) is 0 Å². The van der Waals surface area contributed by atoms with E-state index in [0.717, 1.165) is 12.8 Å². The summed E-state index contributed by atoms with van der Waals surface area (Å²) in [5, 5.41) is 0. The molecule has 3 heterocycles. The lowest BCUT2D eigenvalue weighted by Crippen LogP contribution is -2.59. The minimum absolute atomic E-state index is 0.00559. The molecular formula is C19H32N2O4. The van der Waals surface area contributed by atoms with Gasteiger partial charge in [-0.05, 0) is 45.4 Å². The van der Waals surface area contributed by atoms with Crippen LogP contribution in [0.15, 0.2) is 0 Å². The van der Waals surface area contributed by atoms with Gasteiger partial charge in [-0.3, -0.25) is 9.59 Å². The molecule has 6 nitrogen and oxygen atoms in total. The van der Waals surface area contributed by atoms with E-state index in [2.05, 4.69) is 13.8 Å². The van der Waals surface area contributed by atoms with Crippen LogP contribution in [0, 0.1) is 11.8 Å². The van der Waals surface area contributed by atoms with E-state index < -0.39 is 0 Å². The molecular weight excluding hydrogens is 320 g/mol. The van der Waals surface area contributed by atoms with Crippen molar-refractivity contribution in [2.75, 3.05) is 19.6 Å². The zero-order valence-corrected chi connectivity index (χ0v) is 16.1. The predicted octanol–water partition coefficient (Wildman–Crippen LogP) is 1.67. The maximum atomic E-state index is 12.9. The fraction of sp³-hybridized carbons (Fsp3) is 0.895. The van der Waals surface area contributed by atoms with Gasteiger partial charge in [0.2, 0.25) is 0 Å². The van der Waals surface area contributed by atoms with Gasteiger partial charge in [0.15, 0.2) is 0 Å². The Kier molecular flexibility index (Phi) is 5.40. The van der Waals surface area contributed by atoms with Crippen LogP contribution in [0.3, 0.4) is 0 Å². The number of amides is 2. The summed E-state index contributed by atoms with van der Waals surface area (Å²) in [6.45, 7) is 11.9. The first-order valence-electron chi connectivity index (χ1n) is 9.68. The summed E-state index contributed by atoms with van der Waals surface area (Å²) in [5.41, 5.74) is 0. The van der Waals surface area contributed by atoms with E-state index in [0.29, 0.717) is 19.6 Å². The summed E-state index contributed by atoms with van der Waals surface area (Å²) >= 11 is 0. The second-order valence-corrected chi connectivity index (χ2v) is 8.33. The molecule has 0 aliphatic carbocycles. The number of rotatable bonds is 2. The van der Waals surface area contributed by atoms with Crippen molar-refractivity contribution in [2.24, 2.45) is 11.8 Å². The van der Waals surface area contributed by atoms with E-state index in [9.17, 15) is 9.59 Å². The van der Waals surface area contributed by atoms with Crippen LogP contribution in [-0.4, -0.2) is 71.7 Å². The lowest BCUT2D eigenvalue weighted by Gasteiger charge is -2.42. The van der Waals surface area contributed by atoms with Gasteiger partial charge in [-0.15, -0.1) is 0 Å². The van der Waals surface area contributed by atoms with E-state index in [1.165, 1.54) is 0 Å². The fourth-order valence-electron chi connectivity index (χ4n) is 4.61. The second-order valence-electron chi connectivity index (χ2n) is 8.33. The summed E-state index contributed by atoms with van der Waals surface area (Å²) in [6.07, 6.45) is 1.48. The van der Waals surface area contributed by atoms with Gasteiger partial charge in [-0.2, -0.15) is 0 Å². The van der Waals surface area contributed by atoms with Crippen LogP contribution >= 0.6 is 0 Å². The minimum atomic E-state index is -0.335. The Morgan fingerprint density at radius 3 is 1.76 bits per heavy atom. The first-order valence-corrected chi connectivity index (χ1v) is 9.68. The molecule has 0 bridgehead atoms. The third-order valence-electron chi connectivity index (χ3n) is 5.91. The monoisotopic (exact) mass is 352 g/mol. The number of hydrogen-bond donors (Lipinski definition) is 0. The van der Waals surface area contributed by atoms with Crippen LogP contribution in [-0.2, 0) is 19.1 Å². The SMILES string of the molecule is CC1CC(C)C(C(=O)N2CCN(C(=O)C3OC(C)CC3C)[C@@H](C)C2)O1. The maximum Gasteiger partial charge on any atom is 0.252 e. The molecule has 0 aromatic carbocycles. The lowest BCUT2D eigenvalue weighted by molar-refractivity contribution is -0.155. The highest BCUT2D eigenvalue weighted by molar-refractivity contribution is 5.84. The fourth-order valence-corrected chi connectivity index (χ4v) is 4.61. The highest BCUT2D eigenvalue weighted by Crippen LogP contribution is 2.30. The van der Waals surface area contributed by atoms with Crippen molar-refractivity contribution in [2.45, 2.75) is 77.9 Å². The molecule has 0 spiro atoms. The normalized spacial score (nSPS) is 42.0. The molecule has 25 heavy (non-hydrogen) atoms. The van der Waals surface area contributed by atoms with Gasteiger partial charge in [-0.25, -0.2) is 0 Å². The topological polar surface area (TPSA) is 59.1 Å². The highest BCUT2D eigenvalue weighted by Gasteiger charge is 2.42. The quantitative estimate of drug-likeness (QED) is 0.759. The molecule has 0 aromatic heterocycles. The van der Waals surface area contributed by atoms with Crippen LogP contribution in [0.2, 0.25) is 0 Å². The molecule has 3 aliphatic rings. The molecule has 0 radical (unpaired) electrons. The van der Waals surface area contributed by atoms with Crippen molar-refractivity contribution in [3.8, 4) is 0 Å². The van der Waals surface area contributed by atoms with Crippen LogP contribution in [0.5, 0.6) is 0 Å². The number of nitrogens with zero attached hydrogens (tertiary/aromatic N) is 2. The molecule has 3 rings (SSSR count). The summed E-state index contributed by atoms with van der Waals surface area (Å²) in [5.74, 6) is 0.667. The van der Waals surface area contributed by atoms with Crippen LogP contribution in [0.25, 0.3) is 0 Å². The molecule has 7 atom stereocenters. The van der Waals surface area contributed by atoms with Crippen molar-refractivity contribution in [1.82, 2.24) is 9.80 Å². The van der Waals surface area contributed by atoms with E-state index >= 15 is 0 Å². The molecule has 3 saturated heterocycles. The molecule has 0 aromatic rings. The van der Waals surface area contributed by atoms with Gasteiger partial charge in [0, 0.05) is 25.7 Å². The van der Waals surface area contributed by atoms with Gasteiger partial charge in [-0.1, -0.05) is 13.8 Å². The van der Waals surface area contributed by atoms with Gasteiger partial charge in [0.25, 0.3) is 11.8 Å². The van der Waals surface area contributed by atoms with Crippen molar-refractivity contribution in [3.63, 3.8) is 0 Å². The minimum Gasteiger partial charge on any atom is -0.365 e. The van der Waals surface area contributed by atoms with Crippen molar-refractivity contribution < 1.29 is 19.1 Å². The van der Waals surface area contributed by atoms with Crippen molar-refractivity contribution >= 4 is 11.8 Å². The van der Waals surface area contributed by atoms with Crippen molar-refractivity contribution in [3.05, 3.63) is 0 Å². The second kappa shape index (κ2) is 7.23. The zero-order valence-electron chi connectivity index (χ0n) is 16.1. The highest BCUT2D eigenvalue weighted by atomic mass is 16.5. The smallest absolute Gasteiger partial charge is 0.252 e. The molecule has 3 aliphatic heterocycles. The number of carbonyl (C=O) groups excluding carboxylic acids is 2. The molecule has 6 heteroatoms. The van der Waals surface area contributed by atoms with E-state index in [1.807, 2.05) is 30.6 Å². The Morgan fingerprint density at radius 1 is 0.800 bits per heavy atom. The zero-order chi connectivity index (χ0) is 18.3. The Labute approximate surface area is 150 Å². The predicted molar refractivity (Wildman–Crippen MR) is 94.0 cm³/mol. The molecule has 6 unspecified atom stereocenters. The number of hydrogen-bond acceptors (Lipinski definition) is 4. The summed E-state index contributed by atoms with van der Waals surface area (Å²) < 4.78 is 11.6. The first kappa shape index (κ1) is 18.6. The lowest BCUT2D eigenvalue weighted by atomic mass is 9.99. The van der Waals surface area contributed by atoms with Crippen LogP contribution < -0.4 is 0 Å². The van der Waals surface area contributed by atoms with Gasteiger partial charge in [0.1, 0.15) is 12.2 Å². The standard InChI is InChI=1S/C19H32N2O4/c1-11-8-14(4)24-16(11)18(22)20-6-7-21(13(3)10-20)19(23)17-12(2)9-15(5)25-17/h11-17H,6-10H2,1-5H3/t11?,12?,13-,14?,15?,16?,17?/m0/s1. The molecule has 0 saturated carbocycles.